The lowest BCUT2D eigenvalue weighted by atomic mass is 9.94. The number of aromatic nitrogens is 2. The van der Waals surface area contributed by atoms with Gasteiger partial charge in [-0.05, 0) is 49.9 Å². The number of aromatic amines is 1. The van der Waals surface area contributed by atoms with E-state index in [4.69, 9.17) is 0 Å². The van der Waals surface area contributed by atoms with Gasteiger partial charge >= 0.3 is 0 Å². The molecule has 0 radical (unpaired) electrons. The first kappa shape index (κ1) is 16.1. The third kappa shape index (κ3) is 3.25. The van der Waals surface area contributed by atoms with Gasteiger partial charge in [-0.2, -0.15) is 5.10 Å². The largest absolute Gasteiger partial charge is 0.369 e. The van der Waals surface area contributed by atoms with Crippen molar-refractivity contribution in [1.29, 1.82) is 0 Å². The highest BCUT2D eigenvalue weighted by molar-refractivity contribution is 5.94. The summed E-state index contributed by atoms with van der Waals surface area (Å²) < 4.78 is 14.5. The van der Waals surface area contributed by atoms with Crippen LogP contribution in [0.25, 0.3) is 0 Å². The van der Waals surface area contributed by atoms with Crippen LogP contribution in [0.1, 0.15) is 47.7 Å². The van der Waals surface area contributed by atoms with Crippen LogP contribution in [-0.2, 0) is 0 Å². The summed E-state index contributed by atoms with van der Waals surface area (Å²) in [7, 11) is 0. The fourth-order valence-corrected chi connectivity index (χ4v) is 3.95. The Kier molecular flexibility index (Phi) is 4.42. The van der Waals surface area contributed by atoms with Gasteiger partial charge in [0.25, 0.3) is 5.91 Å². The Morgan fingerprint density at radius 3 is 2.72 bits per heavy atom. The number of carbonyl (C=O) groups excluding carboxylic acids is 1. The molecule has 1 aromatic heterocycles. The highest BCUT2D eigenvalue weighted by Crippen LogP contribution is 2.28. The normalized spacial score (nSPS) is 20.9. The van der Waals surface area contributed by atoms with Gasteiger partial charge in [-0.25, -0.2) is 4.39 Å². The molecule has 1 atom stereocenters. The minimum atomic E-state index is -0.296. The maximum atomic E-state index is 14.5. The van der Waals surface area contributed by atoms with Gasteiger partial charge in [-0.3, -0.25) is 9.89 Å². The van der Waals surface area contributed by atoms with E-state index >= 15 is 0 Å². The number of benzene rings is 1. The third-order valence-corrected chi connectivity index (χ3v) is 5.31. The Labute approximate surface area is 146 Å². The van der Waals surface area contributed by atoms with Crippen LogP contribution in [0, 0.1) is 5.82 Å². The lowest BCUT2D eigenvalue weighted by Crippen LogP contribution is -2.39. The van der Waals surface area contributed by atoms with Crippen molar-refractivity contribution >= 4 is 11.6 Å². The molecule has 1 aromatic carbocycles. The van der Waals surface area contributed by atoms with Gasteiger partial charge in [0.2, 0.25) is 0 Å². The summed E-state index contributed by atoms with van der Waals surface area (Å²) in [5.41, 5.74) is 2.11. The van der Waals surface area contributed by atoms with Crippen molar-refractivity contribution in [1.82, 2.24) is 15.1 Å². The molecule has 3 heterocycles. The second-order valence-corrected chi connectivity index (χ2v) is 6.96. The predicted molar refractivity (Wildman–Crippen MR) is 94.3 cm³/mol. The number of nitrogens with zero attached hydrogens (tertiary/aromatic N) is 3. The predicted octanol–water partition coefficient (Wildman–Crippen LogP) is 3.17. The van der Waals surface area contributed by atoms with Crippen LogP contribution < -0.4 is 4.90 Å². The number of hydrogen-bond donors (Lipinski definition) is 1. The molecule has 2 fully saturated rings. The summed E-state index contributed by atoms with van der Waals surface area (Å²) in [5, 5.41) is 7.00. The van der Waals surface area contributed by atoms with E-state index in [2.05, 4.69) is 15.1 Å². The van der Waals surface area contributed by atoms with E-state index in [9.17, 15) is 9.18 Å². The molecule has 132 valence electrons. The lowest BCUT2D eigenvalue weighted by Gasteiger charge is -2.32. The van der Waals surface area contributed by atoms with E-state index in [-0.39, 0.29) is 17.6 Å². The number of hydrogen-bond acceptors (Lipinski definition) is 3. The first-order valence-corrected chi connectivity index (χ1v) is 9.05. The van der Waals surface area contributed by atoms with Crippen molar-refractivity contribution in [2.45, 2.75) is 31.6 Å². The van der Waals surface area contributed by atoms with E-state index in [0.29, 0.717) is 17.8 Å². The third-order valence-electron chi connectivity index (χ3n) is 5.31. The molecule has 2 aromatic rings. The number of carbonyl (C=O) groups is 1. The fraction of sp³-hybridized carbons (Fsp3) is 0.474. The molecule has 6 heteroatoms. The molecule has 0 unspecified atom stereocenters. The molecule has 25 heavy (non-hydrogen) atoms. The Balaban J connectivity index is 1.49. The summed E-state index contributed by atoms with van der Waals surface area (Å²) in [6, 6.07) is 6.88. The zero-order chi connectivity index (χ0) is 17.2. The number of likely N-dealkylation sites (tertiary alicyclic amines) is 1. The molecule has 2 aliphatic rings. The van der Waals surface area contributed by atoms with Crippen molar-refractivity contribution in [3.05, 3.63) is 47.5 Å². The minimum absolute atomic E-state index is 0.0870. The van der Waals surface area contributed by atoms with E-state index in [0.717, 1.165) is 51.0 Å². The first-order valence-electron chi connectivity index (χ1n) is 9.05. The van der Waals surface area contributed by atoms with Gasteiger partial charge in [-0.15, -0.1) is 0 Å². The maximum absolute atomic E-state index is 14.5. The molecule has 5 nitrogen and oxygen atoms in total. The molecule has 0 spiro atoms. The van der Waals surface area contributed by atoms with Gasteiger partial charge < -0.3 is 9.80 Å². The average Bonchev–Trinajstić information content (AvgIpc) is 3.35. The van der Waals surface area contributed by atoms with Crippen LogP contribution in [0.5, 0.6) is 0 Å². The standard InChI is InChI=1S/C19H23FN4O/c20-16-12-14(5-6-18(16)23-9-1-2-10-23)19(25)24-11-3-4-15(13-24)17-7-8-21-22-17/h5-8,12,15H,1-4,9-11,13H2,(H,21,22)/t15-/m1/s1. The number of amides is 1. The minimum Gasteiger partial charge on any atom is -0.369 e. The second-order valence-electron chi connectivity index (χ2n) is 6.96. The van der Waals surface area contributed by atoms with Crippen LogP contribution >= 0.6 is 0 Å². The van der Waals surface area contributed by atoms with E-state index < -0.39 is 0 Å². The smallest absolute Gasteiger partial charge is 0.253 e. The number of H-pyrrole nitrogens is 1. The molecule has 2 saturated heterocycles. The average molecular weight is 342 g/mol. The number of halogens is 1. The van der Waals surface area contributed by atoms with Crippen LogP contribution in [0.3, 0.4) is 0 Å². The molecular weight excluding hydrogens is 319 g/mol. The van der Waals surface area contributed by atoms with Crippen LogP contribution in [0.2, 0.25) is 0 Å². The maximum Gasteiger partial charge on any atom is 0.253 e. The Bertz CT molecular complexity index is 740. The van der Waals surface area contributed by atoms with E-state index in [1.54, 1.807) is 18.3 Å². The second kappa shape index (κ2) is 6.86. The summed E-state index contributed by atoms with van der Waals surface area (Å²) in [6.45, 7) is 3.15. The van der Waals surface area contributed by atoms with Gasteiger partial charge in [0, 0.05) is 49.6 Å². The summed E-state index contributed by atoms with van der Waals surface area (Å²) >= 11 is 0. The van der Waals surface area contributed by atoms with Crippen molar-refractivity contribution in [2.24, 2.45) is 0 Å². The highest BCUT2D eigenvalue weighted by Gasteiger charge is 2.27. The molecule has 0 aliphatic carbocycles. The monoisotopic (exact) mass is 342 g/mol. The number of piperidine rings is 1. The van der Waals surface area contributed by atoms with Crippen molar-refractivity contribution in [3.8, 4) is 0 Å². The van der Waals surface area contributed by atoms with Crippen molar-refractivity contribution < 1.29 is 9.18 Å². The molecule has 0 saturated carbocycles. The molecule has 2 aliphatic heterocycles. The lowest BCUT2D eigenvalue weighted by molar-refractivity contribution is 0.0705. The van der Waals surface area contributed by atoms with Gasteiger partial charge in [0.1, 0.15) is 5.82 Å². The first-order chi connectivity index (χ1) is 12.2. The van der Waals surface area contributed by atoms with E-state index in [1.807, 2.05) is 11.0 Å². The number of rotatable bonds is 3. The zero-order valence-electron chi connectivity index (χ0n) is 14.2. The number of anilines is 1. The molecule has 0 bridgehead atoms. The SMILES string of the molecule is O=C(c1ccc(N2CCCC2)c(F)c1)N1CCC[C@@H](c2ccn[nH]2)C1. The summed E-state index contributed by atoms with van der Waals surface area (Å²) in [4.78, 5) is 16.7. The molecular formula is C19H23FN4O. The molecule has 1 N–H and O–H groups in total. The van der Waals surface area contributed by atoms with Crippen molar-refractivity contribution in [2.75, 3.05) is 31.1 Å². The highest BCUT2D eigenvalue weighted by atomic mass is 19.1. The Morgan fingerprint density at radius 2 is 2.00 bits per heavy atom. The van der Waals surface area contributed by atoms with Gasteiger partial charge in [0.05, 0.1) is 5.69 Å². The van der Waals surface area contributed by atoms with Gasteiger partial charge in [-0.1, -0.05) is 0 Å². The summed E-state index contributed by atoms with van der Waals surface area (Å²) in [6.07, 6.45) is 5.92. The molecule has 4 rings (SSSR count). The fourth-order valence-electron chi connectivity index (χ4n) is 3.95. The van der Waals surface area contributed by atoms with Crippen molar-refractivity contribution in [3.63, 3.8) is 0 Å². The molecule has 1 amide bonds. The van der Waals surface area contributed by atoms with Crippen LogP contribution in [-0.4, -0.2) is 47.2 Å². The van der Waals surface area contributed by atoms with E-state index in [1.165, 1.54) is 6.07 Å². The topological polar surface area (TPSA) is 52.2 Å². The van der Waals surface area contributed by atoms with Crippen LogP contribution in [0.4, 0.5) is 10.1 Å². The quantitative estimate of drug-likeness (QED) is 0.932. The summed E-state index contributed by atoms with van der Waals surface area (Å²) in [5.74, 6) is -0.111. The Hall–Kier alpha value is -2.37. The zero-order valence-corrected chi connectivity index (χ0v) is 14.2. The Morgan fingerprint density at radius 1 is 1.16 bits per heavy atom. The number of nitrogens with one attached hydrogen (secondary N) is 1. The van der Waals surface area contributed by atoms with Gasteiger partial charge in [0.15, 0.2) is 0 Å². The van der Waals surface area contributed by atoms with Crippen LogP contribution in [0.15, 0.2) is 30.5 Å².